The summed E-state index contributed by atoms with van der Waals surface area (Å²) >= 11 is 0. The summed E-state index contributed by atoms with van der Waals surface area (Å²) in [5.41, 5.74) is 0. The van der Waals surface area contributed by atoms with E-state index in [1.807, 2.05) is 6.92 Å². The maximum Gasteiger partial charge on any atom is 0.307 e. The molecule has 0 bridgehead atoms. The molecule has 0 aliphatic rings. The number of carbonyl (C=O) groups is 1. The topological polar surface area (TPSA) is 49.3 Å². The average molecular weight is 169 g/mol. The molecule has 68 valence electrons. The molecule has 0 fully saturated rings. The molecule has 0 saturated heterocycles. The molecule has 0 aromatic rings. The minimum absolute atomic E-state index is 0.0316. The molecule has 0 heterocycles. The van der Waals surface area contributed by atoms with E-state index >= 15 is 0 Å². The minimum atomic E-state index is -0.782. The summed E-state index contributed by atoms with van der Waals surface area (Å²) < 4.78 is 0. The van der Waals surface area contributed by atoms with Crippen LogP contribution < -0.4 is 5.32 Å². The fourth-order valence-corrected chi connectivity index (χ4v) is 0.763. The van der Waals surface area contributed by atoms with Crippen molar-refractivity contribution in [2.45, 2.75) is 26.3 Å². The van der Waals surface area contributed by atoms with Crippen LogP contribution in [-0.2, 0) is 4.79 Å². The average Bonchev–Trinajstić information content (AvgIpc) is 2.03. The van der Waals surface area contributed by atoms with Crippen molar-refractivity contribution >= 4 is 5.97 Å². The predicted molar refractivity (Wildman–Crippen MR) is 47.7 cm³/mol. The van der Waals surface area contributed by atoms with Crippen LogP contribution in [0, 0.1) is 18.3 Å². The highest BCUT2D eigenvalue weighted by Crippen LogP contribution is 2.01. The predicted octanol–water partition coefficient (Wildman–Crippen LogP) is 0.708. The van der Waals surface area contributed by atoms with Gasteiger partial charge in [-0.3, -0.25) is 4.79 Å². The van der Waals surface area contributed by atoms with Gasteiger partial charge in [0.05, 0.1) is 5.92 Å². The van der Waals surface area contributed by atoms with Crippen LogP contribution in [0.15, 0.2) is 0 Å². The molecule has 0 spiro atoms. The Morgan fingerprint density at radius 2 is 2.25 bits per heavy atom. The summed E-state index contributed by atoms with van der Waals surface area (Å²) in [4.78, 5) is 10.5. The molecular formula is C9H15NO2. The first-order chi connectivity index (χ1) is 5.59. The van der Waals surface area contributed by atoms with Crippen LogP contribution in [0.3, 0.4) is 0 Å². The maximum atomic E-state index is 10.5. The minimum Gasteiger partial charge on any atom is -0.481 e. The van der Waals surface area contributed by atoms with Gasteiger partial charge in [-0.2, -0.15) is 0 Å². The van der Waals surface area contributed by atoms with E-state index < -0.39 is 5.97 Å². The van der Waals surface area contributed by atoms with Gasteiger partial charge in [0.25, 0.3) is 0 Å². The molecular weight excluding hydrogens is 154 g/mol. The molecule has 0 rings (SSSR count). The van der Waals surface area contributed by atoms with Crippen LogP contribution in [-0.4, -0.2) is 23.7 Å². The highest BCUT2D eigenvalue weighted by molar-refractivity contribution is 5.70. The Kier molecular flexibility index (Phi) is 5.14. The maximum absolute atomic E-state index is 10.5. The first kappa shape index (κ1) is 11.0. The van der Waals surface area contributed by atoms with Crippen LogP contribution in [0.2, 0.25) is 0 Å². The first-order valence-corrected chi connectivity index (χ1v) is 3.99. The second kappa shape index (κ2) is 5.62. The van der Waals surface area contributed by atoms with Crippen LogP contribution >= 0.6 is 0 Å². The number of terminal acetylenes is 1. The molecule has 2 N–H and O–H groups in total. The Bertz CT molecular complexity index is 183. The third-order valence-electron chi connectivity index (χ3n) is 1.88. The third kappa shape index (κ3) is 3.99. The Balaban J connectivity index is 3.65. The molecule has 0 saturated carbocycles. The summed E-state index contributed by atoms with van der Waals surface area (Å²) in [6, 6.07) is -0.0316. The fourth-order valence-electron chi connectivity index (χ4n) is 0.763. The van der Waals surface area contributed by atoms with Crippen LogP contribution in [0.5, 0.6) is 0 Å². The number of rotatable bonds is 5. The van der Waals surface area contributed by atoms with Crippen molar-refractivity contribution in [1.29, 1.82) is 0 Å². The van der Waals surface area contributed by atoms with E-state index in [-0.39, 0.29) is 12.0 Å². The Hall–Kier alpha value is -1.01. The van der Waals surface area contributed by atoms with E-state index in [1.54, 1.807) is 6.92 Å². The molecule has 0 aliphatic heterocycles. The number of carboxylic acid groups (broad SMARTS) is 1. The highest BCUT2D eigenvalue weighted by atomic mass is 16.4. The van der Waals surface area contributed by atoms with Gasteiger partial charge in [-0.05, 0) is 6.92 Å². The number of aliphatic carboxylic acids is 1. The van der Waals surface area contributed by atoms with Crippen molar-refractivity contribution in [2.75, 3.05) is 6.54 Å². The lowest BCUT2D eigenvalue weighted by molar-refractivity contribution is -0.141. The van der Waals surface area contributed by atoms with Crippen molar-refractivity contribution in [2.24, 2.45) is 5.92 Å². The van der Waals surface area contributed by atoms with Crippen molar-refractivity contribution in [3.63, 3.8) is 0 Å². The second-order valence-electron chi connectivity index (χ2n) is 2.82. The zero-order valence-corrected chi connectivity index (χ0v) is 7.50. The lowest BCUT2D eigenvalue weighted by Crippen LogP contribution is -2.36. The lowest BCUT2D eigenvalue weighted by atomic mass is 10.0. The molecule has 3 heteroatoms. The summed E-state index contributed by atoms with van der Waals surface area (Å²) in [6.45, 7) is 4.19. The van der Waals surface area contributed by atoms with Gasteiger partial charge < -0.3 is 10.4 Å². The van der Waals surface area contributed by atoms with Gasteiger partial charge in [-0.25, -0.2) is 0 Å². The second-order valence-corrected chi connectivity index (χ2v) is 2.82. The molecule has 12 heavy (non-hydrogen) atoms. The van der Waals surface area contributed by atoms with Crippen molar-refractivity contribution in [3.05, 3.63) is 0 Å². The molecule has 0 radical (unpaired) electrons. The van der Waals surface area contributed by atoms with E-state index in [1.165, 1.54) is 0 Å². The summed E-state index contributed by atoms with van der Waals surface area (Å²) in [6.07, 6.45) is 5.68. The summed E-state index contributed by atoms with van der Waals surface area (Å²) in [5.74, 6) is 1.33. The Morgan fingerprint density at radius 3 is 2.67 bits per heavy atom. The molecule has 0 aromatic heterocycles. The van der Waals surface area contributed by atoms with Crippen molar-refractivity contribution < 1.29 is 9.90 Å². The van der Waals surface area contributed by atoms with Gasteiger partial charge in [0, 0.05) is 19.0 Å². The van der Waals surface area contributed by atoms with Gasteiger partial charge in [-0.15, -0.1) is 12.3 Å². The largest absolute Gasteiger partial charge is 0.481 e. The standard InChI is InChI=1S/C9H15NO2/c1-4-5-6-10-8(3)7(2)9(11)12/h1,7-8,10H,5-6H2,2-3H3,(H,11,12). The number of nitrogens with one attached hydrogen (secondary N) is 1. The van der Waals surface area contributed by atoms with E-state index in [0.717, 1.165) is 0 Å². The van der Waals surface area contributed by atoms with Gasteiger partial charge in [-0.1, -0.05) is 6.92 Å². The molecule has 2 unspecified atom stereocenters. The SMILES string of the molecule is C#CCCNC(C)C(C)C(=O)O. The molecule has 3 nitrogen and oxygen atoms in total. The monoisotopic (exact) mass is 169 g/mol. The molecule has 0 amide bonds. The zero-order chi connectivity index (χ0) is 9.56. The number of hydrogen-bond donors (Lipinski definition) is 2. The molecule has 0 aliphatic carbocycles. The quantitative estimate of drug-likeness (QED) is 0.470. The van der Waals surface area contributed by atoms with Crippen LogP contribution in [0.4, 0.5) is 0 Å². The smallest absolute Gasteiger partial charge is 0.307 e. The van der Waals surface area contributed by atoms with Crippen LogP contribution in [0.1, 0.15) is 20.3 Å². The normalized spacial score (nSPS) is 14.8. The van der Waals surface area contributed by atoms with E-state index in [2.05, 4.69) is 11.2 Å². The first-order valence-electron chi connectivity index (χ1n) is 3.99. The summed E-state index contributed by atoms with van der Waals surface area (Å²) in [7, 11) is 0. The fraction of sp³-hybridized carbons (Fsp3) is 0.667. The zero-order valence-electron chi connectivity index (χ0n) is 7.50. The Morgan fingerprint density at radius 1 is 1.67 bits per heavy atom. The van der Waals surface area contributed by atoms with E-state index in [9.17, 15) is 4.79 Å². The van der Waals surface area contributed by atoms with Gasteiger partial charge in [0.1, 0.15) is 0 Å². The van der Waals surface area contributed by atoms with Crippen molar-refractivity contribution in [3.8, 4) is 12.3 Å². The van der Waals surface area contributed by atoms with Gasteiger partial charge in [0.2, 0.25) is 0 Å². The van der Waals surface area contributed by atoms with Gasteiger partial charge >= 0.3 is 5.97 Å². The number of carboxylic acids is 1. The van der Waals surface area contributed by atoms with Crippen LogP contribution in [0.25, 0.3) is 0 Å². The third-order valence-corrected chi connectivity index (χ3v) is 1.88. The highest BCUT2D eigenvalue weighted by Gasteiger charge is 2.17. The molecule has 0 aromatic carbocycles. The van der Waals surface area contributed by atoms with Crippen molar-refractivity contribution in [1.82, 2.24) is 5.32 Å². The van der Waals surface area contributed by atoms with Gasteiger partial charge in [0.15, 0.2) is 0 Å². The Labute approximate surface area is 73.2 Å². The van der Waals surface area contributed by atoms with E-state index in [4.69, 9.17) is 11.5 Å². The molecule has 2 atom stereocenters. The van der Waals surface area contributed by atoms with E-state index in [0.29, 0.717) is 13.0 Å². The summed E-state index contributed by atoms with van der Waals surface area (Å²) in [5, 5.41) is 11.7. The lowest BCUT2D eigenvalue weighted by Gasteiger charge is -2.16. The number of hydrogen-bond acceptors (Lipinski definition) is 2.